The topological polar surface area (TPSA) is 41.5 Å². The second-order valence-corrected chi connectivity index (χ2v) is 9.65. The predicted molar refractivity (Wildman–Crippen MR) is 124 cm³/mol. The number of fused-ring (bicyclic) bond motifs is 3. The van der Waals surface area contributed by atoms with Crippen LogP contribution in [0, 0.1) is 5.92 Å². The molecule has 158 valence electrons. The van der Waals surface area contributed by atoms with E-state index in [9.17, 15) is 0 Å². The van der Waals surface area contributed by atoms with E-state index in [-0.39, 0.29) is 0 Å². The Morgan fingerprint density at radius 1 is 1.10 bits per heavy atom. The van der Waals surface area contributed by atoms with Gasteiger partial charge in [-0.05, 0) is 55.4 Å². The molecule has 0 bridgehead atoms. The van der Waals surface area contributed by atoms with Gasteiger partial charge in [0.05, 0.1) is 12.0 Å². The Labute approximate surface area is 182 Å². The molecule has 1 aromatic carbocycles. The van der Waals surface area contributed by atoms with E-state index in [0.717, 1.165) is 50.2 Å². The standard InChI is InChI=1S/C24H30N4OS/c1-3-29-19-7-5-18(6-8-19)15-27-10-12-28(13-11-27)23-22-20-14-17(2)4-9-21(20)30-24(22)26-16-25-23/h5-8,16-17H,3-4,9-15H2,1-2H3/t17-/m1/s1. The Bertz CT molecular complexity index is 1010. The molecule has 0 unspecified atom stereocenters. The molecule has 1 atom stereocenters. The first kappa shape index (κ1) is 19.8. The van der Waals surface area contributed by atoms with Gasteiger partial charge in [-0.2, -0.15) is 0 Å². The fourth-order valence-corrected chi connectivity index (χ4v) is 5.92. The van der Waals surface area contributed by atoms with Gasteiger partial charge in [-0.1, -0.05) is 19.1 Å². The van der Waals surface area contributed by atoms with Crippen LogP contribution in [0.4, 0.5) is 5.82 Å². The second kappa shape index (κ2) is 8.52. The molecule has 3 aromatic rings. The molecular formula is C24H30N4OS. The summed E-state index contributed by atoms with van der Waals surface area (Å²) in [6.45, 7) is 10.2. The first-order valence-electron chi connectivity index (χ1n) is 11.2. The van der Waals surface area contributed by atoms with Crippen LogP contribution >= 0.6 is 11.3 Å². The van der Waals surface area contributed by atoms with Gasteiger partial charge >= 0.3 is 0 Å². The summed E-state index contributed by atoms with van der Waals surface area (Å²) in [7, 11) is 0. The quantitative estimate of drug-likeness (QED) is 0.604. The fourth-order valence-electron chi connectivity index (χ4n) is 4.74. The molecule has 5 nitrogen and oxygen atoms in total. The highest BCUT2D eigenvalue weighted by Crippen LogP contribution is 2.40. The summed E-state index contributed by atoms with van der Waals surface area (Å²) >= 11 is 1.89. The van der Waals surface area contributed by atoms with Crippen molar-refractivity contribution in [2.45, 2.75) is 39.7 Å². The van der Waals surface area contributed by atoms with Crippen molar-refractivity contribution >= 4 is 27.4 Å². The van der Waals surface area contributed by atoms with Gasteiger partial charge in [0.25, 0.3) is 0 Å². The third kappa shape index (κ3) is 3.91. The number of hydrogen-bond acceptors (Lipinski definition) is 6. The molecule has 1 aliphatic heterocycles. The molecule has 0 N–H and O–H groups in total. The lowest BCUT2D eigenvalue weighted by Crippen LogP contribution is -2.46. The number of aromatic nitrogens is 2. The van der Waals surface area contributed by atoms with Crippen molar-refractivity contribution in [1.82, 2.24) is 14.9 Å². The number of ether oxygens (including phenoxy) is 1. The molecule has 0 saturated carbocycles. The number of aryl methyl sites for hydroxylation is 1. The van der Waals surface area contributed by atoms with Crippen LogP contribution in [0.25, 0.3) is 10.2 Å². The normalized spacial score (nSPS) is 19.8. The molecule has 5 rings (SSSR count). The van der Waals surface area contributed by atoms with Crippen molar-refractivity contribution in [1.29, 1.82) is 0 Å². The lowest BCUT2D eigenvalue weighted by molar-refractivity contribution is 0.249. The van der Waals surface area contributed by atoms with E-state index < -0.39 is 0 Å². The Balaban J connectivity index is 1.29. The van der Waals surface area contributed by atoms with E-state index in [1.54, 1.807) is 11.2 Å². The average molecular weight is 423 g/mol. The first-order valence-corrected chi connectivity index (χ1v) is 12.0. The minimum absolute atomic E-state index is 0.712. The Morgan fingerprint density at radius 2 is 1.90 bits per heavy atom. The summed E-state index contributed by atoms with van der Waals surface area (Å²) in [6.07, 6.45) is 5.43. The maximum absolute atomic E-state index is 5.56. The molecule has 0 radical (unpaired) electrons. The maximum Gasteiger partial charge on any atom is 0.141 e. The van der Waals surface area contributed by atoms with Crippen LogP contribution in [0.2, 0.25) is 0 Å². The number of hydrogen-bond donors (Lipinski definition) is 0. The van der Waals surface area contributed by atoms with Crippen molar-refractivity contribution in [2.75, 3.05) is 37.7 Å². The van der Waals surface area contributed by atoms with Crippen molar-refractivity contribution < 1.29 is 4.74 Å². The number of piperazine rings is 1. The second-order valence-electron chi connectivity index (χ2n) is 8.57. The molecule has 1 aliphatic carbocycles. The maximum atomic E-state index is 5.56. The minimum atomic E-state index is 0.712. The fraction of sp³-hybridized carbons (Fsp3) is 0.500. The highest BCUT2D eigenvalue weighted by Gasteiger charge is 2.26. The number of nitrogens with zero attached hydrogens (tertiary/aromatic N) is 4. The summed E-state index contributed by atoms with van der Waals surface area (Å²) in [5, 5.41) is 1.34. The zero-order chi connectivity index (χ0) is 20.5. The van der Waals surface area contributed by atoms with Gasteiger partial charge < -0.3 is 9.64 Å². The highest BCUT2D eigenvalue weighted by atomic mass is 32.1. The molecule has 0 amide bonds. The molecule has 6 heteroatoms. The third-order valence-corrected chi connectivity index (χ3v) is 7.58. The van der Waals surface area contributed by atoms with Crippen LogP contribution in [-0.4, -0.2) is 47.7 Å². The van der Waals surface area contributed by atoms with E-state index in [1.165, 1.54) is 40.6 Å². The monoisotopic (exact) mass is 422 g/mol. The first-order chi connectivity index (χ1) is 14.7. The predicted octanol–water partition coefficient (Wildman–Crippen LogP) is 4.54. The van der Waals surface area contributed by atoms with Gasteiger partial charge in [0, 0.05) is 37.6 Å². The molecule has 1 fully saturated rings. The van der Waals surface area contributed by atoms with Crippen LogP contribution in [0.5, 0.6) is 5.75 Å². The lowest BCUT2D eigenvalue weighted by Gasteiger charge is -2.36. The highest BCUT2D eigenvalue weighted by molar-refractivity contribution is 7.19. The molecule has 2 aliphatic rings. The van der Waals surface area contributed by atoms with E-state index in [2.05, 4.69) is 46.0 Å². The van der Waals surface area contributed by atoms with Crippen molar-refractivity contribution in [3.05, 3.63) is 46.6 Å². The number of benzene rings is 1. The zero-order valence-electron chi connectivity index (χ0n) is 17.9. The lowest BCUT2D eigenvalue weighted by atomic mass is 9.88. The Kier molecular flexibility index (Phi) is 5.61. The molecule has 30 heavy (non-hydrogen) atoms. The van der Waals surface area contributed by atoms with Gasteiger partial charge in [0.2, 0.25) is 0 Å². The number of thiophene rings is 1. The summed E-state index contributed by atoms with van der Waals surface area (Å²) < 4.78 is 5.56. The largest absolute Gasteiger partial charge is 0.494 e. The van der Waals surface area contributed by atoms with Gasteiger partial charge in [-0.25, -0.2) is 9.97 Å². The summed E-state index contributed by atoms with van der Waals surface area (Å²) in [5.74, 6) is 2.87. The van der Waals surface area contributed by atoms with E-state index in [0.29, 0.717) is 6.61 Å². The average Bonchev–Trinajstić information content (AvgIpc) is 3.14. The third-order valence-electron chi connectivity index (χ3n) is 6.38. The molecule has 2 aromatic heterocycles. The van der Waals surface area contributed by atoms with Crippen LogP contribution < -0.4 is 9.64 Å². The van der Waals surface area contributed by atoms with Gasteiger partial charge in [0.15, 0.2) is 0 Å². The Hall–Kier alpha value is -2.18. The van der Waals surface area contributed by atoms with Gasteiger partial charge in [-0.3, -0.25) is 4.90 Å². The summed E-state index contributed by atoms with van der Waals surface area (Å²) in [5.41, 5.74) is 2.87. The molecule has 0 spiro atoms. The summed E-state index contributed by atoms with van der Waals surface area (Å²) in [6, 6.07) is 8.52. The van der Waals surface area contributed by atoms with E-state index in [4.69, 9.17) is 9.72 Å². The SMILES string of the molecule is CCOc1ccc(CN2CCN(c3ncnc4sc5c(c34)C[C@H](C)CC5)CC2)cc1. The van der Waals surface area contributed by atoms with Crippen molar-refractivity contribution in [3.8, 4) is 5.75 Å². The van der Waals surface area contributed by atoms with E-state index in [1.807, 2.05) is 18.3 Å². The van der Waals surface area contributed by atoms with Crippen LogP contribution in [0.3, 0.4) is 0 Å². The Morgan fingerprint density at radius 3 is 2.67 bits per heavy atom. The van der Waals surface area contributed by atoms with Crippen LogP contribution in [0.1, 0.15) is 36.3 Å². The van der Waals surface area contributed by atoms with E-state index >= 15 is 0 Å². The zero-order valence-corrected chi connectivity index (χ0v) is 18.7. The van der Waals surface area contributed by atoms with Crippen molar-refractivity contribution in [3.63, 3.8) is 0 Å². The van der Waals surface area contributed by atoms with Gasteiger partial charge in [-0.15, -0.1) is 11.3 Å². The van der Waals surface area contributed by atoms with Gasteiger partial charge in [0.1, 0.15) is 22.7 Å². The number of anilines is 1. The smallest absolute Gasteiger partial charge is 0.141 e. The van der Waals surface area contributed by atoms with Crippen LogP contribution in [-0.2, 0) is 19.4 Å². The van der Waals surface area contributed by atoms with Crippen molar-refractivity contribution in [2.24, 2.45) is 5.92 Å². The molecular weight excluding hydrogens is 392 g/mol. The minimum Gasteiger partial charge on any atom is -0.494 e. The van der Waals surface area contributed by atoms with Crippen LogP contribution in [0.15, 0.2) is 30.6 Å². The number of rotatable bonds is 5. The molecule has 3 heterocycles. The summed E-state index contributed by atoms with van der Waals surface area (Å²) in [4.78, 5) is 17.1. The molecule has 1 saturated heterocycles.